The highest BCUT2D eigenvalue weighted by Crippen LogP contribution is 2.47. The largest absolute Gasteiger partial charge is 0.339 e. The van der Waals surface area contributed by atoms with E-state index in [9.17, 15) is 28.1 Å². The normalized spacial score (nSPS) is 19.7. The molecular weight excluding hydrogens is 464 g/mol. The molecule has 2 aromatic carbocycles. The Bertz CT molecular complexity index is 1590. The number of imide groups is 1. The predicted molar refractivity (Wildman–Crippen MR) is 118 cm³/mol. The number of nitro groups is 1. The SMILES string of the molecule is Cn1cnc(S(=O)(=O)N2CC3CC2=C2C(=O)N(c4ccc([N+](=O)[O-])c5ccccc45)C(=O)N23)c1. The van der Waals surface area contributed by atoms with Gasteiger partial charge in [-0.3, -0.25) is 24.1 Å². The highest BCUT2D eigenvalue weighted by atomic mass is 32.2. The van der Waals surface area contributed by atoms with Gasteiger partial charge in [0.2, 0.25) is 0 Å². The molecule has 0 aliphatic carbocycles. The maximum atomic E-state index is 13.5. The number of sulfonamides is 1. The van der Waals surface area contributed by atoms with Gasteiger partial charge in [0, 0.05) is 31.1 Å². The van der Waals surface area contributed by atoms with E-state index in [1.165, 1.54) is 34.1 Å². The molecule has 1 aromatic heterocycles. The van der Waals surface area contributed by atoms with E-state index in [1.54, 1.807) is 31.3 Å². The van der Waals surface area contributed by atoms with Crippen molar-refractivity contribution in [2.75, 3.05) is 11.4 Å². The molecule has 3 aliphatic rings. The Balaban J connectivity index is 1.47. The van der Waals surface area contributed by atoms with E-state index in [4.69, 9.17) is 0 Å². The van der Waals surface area contributed by atoms with Gasteiger partial charge >= 0.3 is 6.03 Å². The number of carbonyl (C=O) groups excluding carboxylic acids is 2. The number of aromatic nitrogens is 2. The zero-order chi connectivity index (χ0) is 23.9. The van der Waals surface area contributed by atoms with Gasteiger partial charge < -0.3 is 4.57 Å². The summed E-state index contributed by atoms with van der Waals surface area (Å²) in [5.74, 6) is -0.664. The predicted octanol–water partition coefficient (Wildman–Crippen LogP) is 1.94. The lowest BCUT2D eigenvalue weighted by molar-refractivity contribution is -0.383. The minimum Gasteiger partial charge on any atom is -0.339 e. The maximum absolute atomic E-state index is 13.5. The third kappa shape index (κ3) is 2.52. The van der Waals surface area contributed by atoms with Crippen LogP contribution in [0.3, 0.4) is 0 Å². The molecule has 0 saturated carbocycles. The Labute approximate surface area is 192 Å². The van der Waals surface area contributed by atoms with E-state index in [0.717, 1.165) is 9.21 Å². The Hall–Kier alpha value is -4.26. The number of amides is 3. The molecule has 4 heterocycles. The maximum Gasteiger partial charge on any atom is 0.336 e. The number of rotatable bonds is 4. The molecule has 12 nitrogen and oxygen atoms in total. The topological polar surface area (TPSA) is 139 Å². The molecular formula is C21H16N6O6S. The summed E-state index contributed by atoms with van der Waals surface area (Å²) >= 11 is 0. The number of hydrogen-bond donors (Lipinski definition) is 0. The Morgan fingerprint density at radius 1 is 1.12 bits per heavy atom. The Kier molecular flexibility index (Phi) is 3.97. The fraction of sp³-hybridized carbons (Fsp3) is 0.190. The molecule has 3 aliphatic heterocycles. The van der Waals surface area contributed by atoms with Crippen molar-refractivity contribution in [1.82, 2.24) is 18.8 Å². The lowest BCUT2D eigenvalue weighted by Gasteiger charge is -2.27. The quantitative estimate of drug-likeness (QED) is 0.316. The van der Waals surface area contributed by atoms with Crippen LogP contribution in [-0.2, 0) is 21.9 Å². The van der Waals surface area contributed by atoms with Crippen LogP contribution in [0.25, 0.3) is 10.8 Å². The standard InChI is InChI=1S/C21H16N6O6S/c1-23-10-18(22-11-23)34(32,33)24-9-12-8-17(24)19-20(28)26(21(29)25(12)19)15-6-7-16(27(30)31)14-5-3-2-4-13(14)15/h2-7,10-12H,8-9H2,1H3. The Morgan fingerprint density at radius 3 is 2.53 bits per heavy atom. The van der Waals surface area contributed by atoms with E-state index in [-0.39, 0.29) is 46.1 Å². The first-order chi connectivity index (χ1) is 16.2. The fourth-order valence-electron chi connectivity index (χ4n) is 4.89. The molecule has 1 atom stereocenters. The number of anilines is 1. The zero-order valence-electron chi connectivity index (χ0n) is 17.7. The van der Waals surface area contributed by atoms with Gasteiger partial charge in [0.25, 0.3) is 21.6 Å². The first kappa shape index (κ1) is 20.4. The van der Waals surface area contributed by atoms with Crippen molar-refractivity contribution >= 4 is 44.1 Å². The second-order valence-electron chi connectivity index (χ2n) is 8.27. The lowest BCUT2D eigenvalue weighted by atomic mass is 10.1. The summed E-state index contributed by atoms with van der Waals surface area (Å²) in [7, 11) is -2.35. The zero-order valence-corrected chi connectivity index (χ0v) is 18.5. The molecule has 2 saturated heterocycles. The highest BCUT2D eigenvalue weighted by molar-refractivity contribution is 7.89. The number of benzene rings is 2. The summed E-state index contributed by atoms with van der Waals surface area (Å²) < 4.78 is 29.0. The van der Waals surface area contributed by atoms with Gasteiger partial charge in [-0.25, -0.2) is 14.7 Å². The van der Waals surface area contributed by atoms with E-state index in [1.807, 2.05) is 0 Å². The Morgan fingerprint density at radius 2 is 1.85 bits per heavy atom. The van der Waals surface area contributed by atoms with Crippen LogP contribution in [0.1, 0.15) is 6.42 Å². The fourth-order valence-corrected chi connectivity index (χ4v) is 6.42. The molecule has 2 fully saturated rings. The van der Waals surface area contributed by atoms with Crippen molar-refractivity contribution in [3.8, 4) is 0 Å². The molecule has 172 valence electrons. The number of hydrogen-bond acceptors (Lipinski definition) is 7. The van der Waals surface area contributed by atoms with Crippen molar-refractivity contribution in [2.45, 2.75) is 17.5 Å². The first-order valence-corrected chi connectivity index (χ1v) is 11.7. The molecule has 0 radical (unpaired) electrons. The van der Waals surface area contributed by atoms with Crippen molar-refractivity contribution < 1.29 is 22.9 Å². The highest BCUT2D eigenvalue weighted by Gasteiger charge is 2.57. The van der Waals surface area contributed by atoms with Gasteiger partial charge in [0.15, 0.2) is 5.03 Å². The molecule has 2 bridgehead atoms. The lowest BCUT2D eigenvalue weighted by Crippen LogP contribution is -2.43. The van der Waals surface area contributed by atoms with Gasteiger partial charge in [-0.1, -0.05) is 18.2 Å². The van der Waals surface area contributed by atoms with Crippen LogP contribution < -0.4 is 4.90 Å². The van der Waals surface area contributed by atoms with Crippen molar-refractivity contribution in [2.24, 2.45) is 7.05 Å². The molecule has 0 spiro atoms. The van der Waals surface area contributed by atoms with Gasteiger partial charge in [-0.05, 0) is 12.1 Å². The van der Waals surface area contributed by atoms with Crippen molar-refractivity contribution in [3.05, 3.63) is 70.4 Å². The number of imidazole rings is 1. The van der Waals surface area contributed by atoms with Gasteiger partial charge in [-0.2, -0.15) is 8.42 Å². The number of nitro benzene ring substituents is 1. The summed E-state index contributed by atoms with van der Waals surface area (Å²) in [6, 6.07) is 7.95. The number of nitrogens with zero attached hydrogens (tertiary/aromatic N) is 6. The molecule has 6 rings (SSSR count). The van der Waals surface area contributed by atoms with Gasteiger partial charge in [0.1, 0.15) is 5.70 Å². The molecule has 3 amide bonds. The van der Waals surface area contributed by atoms with Gasteiger partial charge in [0.05, 0.1) is 40.6 Å². The third-order valence-corrected chi connectivity index (χ3v) is 8.03. The molecule has 13 heteroatoms. The number of non-ortho nitro benzene ring substituents is 1. The second kappa shape index (κ2) is 6.63. The average Bonchev–Trinajstić information content (AvgIpc) is 3.57. The summed E-state index contributed by atoms with van der Waals surface area (Å²) in [4.78, 5) is 44.0. The first-order valence-electron chi connectivity index (χ1n) is 10.3. The van der Waals surface area contributed by atoms with Crippen LogP contribution in [0.4, 0.5) is 16.2 Å². The third-order valence-electron chi connectivity index (χ3n) is 6.34. The average molecular weight is 480 g/mol. The minimum absolute atomic E-state index is 0.0168. The minimum atomic E-state index is -4.00. The van der Waals surface area contributed by atoms with Crippen LogP contribution in [0.15, 0.2) is 65.3 Å². The molecule has 34 heavy (non-hydrogen) atoms. The molecule has 3 aromatic rings. The van der Waals surface area contributed by atoms with Crippen molar-refractivity contribution in [1.29, 1.82) is 0 Å². The van der Waals surface area contributed by atoms with Crippen LogP contribution in [0, 0.1) is 10.1 Å². The summed E-state index contributed by atoms with van der Waals surface area (Å²) in [6.07, 6.45) is 2.99. The number of aryl methyl sites for hydroxylation is 1. The number of carbonyl (C=O) groups is 2. The smallest absolute Gasteiger partial charge is 0.336 e. The van der Waals surface area contributed by atoms with E-state index < -0.39 is 32.9 Å². The van der Waals surface area contributed by atoms with Crippen LogP contribution in [0.5, 0.6) is 0 Å². The molecule has 1 unspecified atom stereocenters. The van der Waals surface area contributed by atoms with Crippen molar-refractivity contribution in [3.63, 3.8) is 0 Å². The van der Waals surface area contributed by atoms with Crippen LogP contribution in [0.2, 0.25) is 0 Å². The summed E-state index contributed by atoms with van der Waals surface area (Å²) in [5, 5.41) is 12.0. The monoisotopic (exact) mass is 480 g/mol. The number of urea groups is 1. The van der Waals surface area contributed by atoms with Crippen LogP contribution in [-0.4, -0.2) is 56.6 Å². The van der Waals surface area contributed by atoms with E-state index in [0.29, 0.717) is 5.39 Å². The summed E-state index contributed by atoms with van der Waals surface area (Å²) in [5.41, 5.74) is 0.330. The molecule has 0 N–H and O–H groups in total. The van der Waals surface area contributed by atoms with E-state index in [2.05, 4.69) is 4.98 Å². The second-order valence-corrected chi connectivity index (χ2v) is 10.1. The van der Waals surface area contributed by atoms with Crippen LogP contribution >= 0.6 is 0 Å². The van der Waals surface area contributed by atoms with E-state index >= 15 is 0 Å². The summed E-state index contributed by atoms with van der Waals surface area (Å²) in [6.45, 7) is 0.0195. The van der Waals surface area contributed by atoms with Gasteiger partial charge in [-0.15, -0.1) is 0 Å². The number of fused-ring (bicyclic) bond motifs is 5.